The molecular weight excluding hydrogens is 388 g/mol. The second-order valence-electron chi connectivity index (χ2n) is 8.97. The molecule has 0 radical (unpaired) electrons. The van der Waals surface area contributed by atoms with Crippen LogP contribution in [0.25, 0.3) is 10.9 Å². The van der Waals surface area contributed by atoms with Gasteiger partial charge in [-0.05, 0) is 48.2 Å². The van der Waals surface area contributed by atoms with Gasteiger partial charge in [-0.25, -0.2) is 4.98 Å². The van der Waals surface area contributed by atoms with E-state index in [1.54, 1.807) is 6.07 Å². The molecule has 1 amide bonds. The van der Waals surface area contributed by atoms with Crippen molar-refractivity contribution in [1.29, 1.82) is 0 Å². The maximum atomic E-state index is 12.7. The van der Waals surface area contributed by atoms with Gasteiger partial charge in [0.15, 0.2) is 0 Å². The maximum absolute atomic E-state index is 12.7. The van der Waals surface area contributed by atoms with Crippen LogP contribution in [0.15, 0.2) is 53.3 Å². The van der Waals surface area contributed by atoms with Crippen LogP contribution in [0.4, 0.5) is 5.69 Å². The molecule has 0 spiro atoms. The van der Waals surface area contributed by atoms with Crippen molar-refractivity contribution < 1.29 is 4.79 Å². The molecule has 0 fully saturated rings. The fourth-order valence-corrected chi connectivity index (χ4v) is 3.47. The molecule has 0 aliphatic heterocycles. The number of fused-ring (bicyclic) bond motifs is 1. The fraction of sp³-hybridized carbons (Fsp3) is 0.400. The summed E-state index contributed by atoms with van der Waals surface area (Å²) in [6.45, 7) is 10.0. The molecule has 1 heterocycles. The summed E-state index contributed by atoms with van der Waals surface area (Å²) in [5.41, 5.74) is 2.59. The molecule has 31 heavy (non-hydrogen) atoms. The van der Waals surface area contributed by atoms with Gasteiger partial charge < -0.3 is 10.3 Å². The Morgan fingerprint density at radius 1 is 1.10 bits per heavy atom. The number of para-hydroxylation sites is 1. The predicted octanol–water partition coefficient (Wildman–Crippen LogP) is 4.46. The first-order chi connectivity index (χ1) is 14.8. The molecule has 0 aliphatic rings. The normalized spacial score (nSPS) is 11.8. The highest BCUT2D eigenvalue weighted by atomic mass is 16.2. The zero-order valence-electron chi connectivity index (χ0n) is 18.9. The highest BCUT2D eigenvalue weighted by molar-refractivity contribution is 5.92. The molecule has 6 nitrogen and oxygen atoms in total. The van der Waals surface area contributed by atoms with Crippen LogP contribution in [0, 0.1) is 0 Å². The third kappa shape index (κ3) is 6.25. The van der Waals surface area contributed by atoms with Crippen molar-refractivity contribution in [2.24, 2.45) is 0 Å². The molecule has 2 N–H and O–H groups in total. The van der Waals surface area contributed by atoms with Crippen molar-refractivity contribution in [2.45, 2.75) is 52.5 Å². The number of benzene rings is 2. The largest absolute Gasteiger partial charge is 0.325 e. The monoisotopic (exact) mass is 420 g/mol. The highest BCUT2D eigenvalue weighted by Gasteiger charge is 2.15. The van der Waals surface area contributed by atoms with E-state index in [1.807, 2.05) is 47.4 Å². The number of carbonyl (C=O) groups is 1. The van der Waals surface area contributed by atoms with E-state index in [1.165, 1.54) is 5.56 Å². The van der Waals surface area contributed by atoms with Crippen molar-refractivity contribution in [2.75, 3.05) is 18.4 Å². The van der Waals surface area contributed by atoms with E-state index in [0.717, 1.165) is 25.1 Å². The van der Waals surface area contributed by atoms with Crippen LogP contribution < -0.4 is 10.9 Å². The van der Waals surface area contributed by atoms with E-state index in [0.29, 0.717) is 23.3 Å². The molecule has 2 aromatic carbocycles. The zero-order valence-corrected chi connectivity index (χ0v) is 18.9. The van der Waals surface area contributed by atoms with E-state index in [4.69, 9.17) is 0 Å². The first-order valence-corrected chi connectivity index (χ1v) is 10.9. The average Bonchev–Trinajstić information content (AvgIpc) is 2.72. The van der Waals surface area contributed by atoms with Crippen molar-refractivity contribution in [3.63, 3.8) is 0 Å². The summed E-state index contributed by atoms with van der Waals surface area (Å²) in [4.78, 5) is 34.5. The SMILES string of the molecule is CCCCN(CC(=O)Nc1ccc(C(C)(C)C)cc1)Cc1nc2ccccc2c(=O)[nH]1. The third-order valence-electron chi connectivity index (χ3n) is 5.27. The molecule has 0 saturated carbocycles. The molecule has 0 aliphatic carbocycles. The topological polar surface area (TPSA) is 78.1 Å². The number of rotatable bonds is 8. The van der Waals surface area contributed by atoms with Gasteiger partial charge in [-0.15, -0.1) is 0 Å². The first-order valence-electron chi connectivity index (χ1n) is 10.9. The standard InChI is InChI=1S/C25H32N4O2/c1-5-6-15-29(16-22-27-21-10-8-7-9-20(21)24(31)28-22)17-23(30)26-19-13-11-18(12-14-19)25(2,3)4/h7-14H,5-6,15-17H2,1-4H3,(H,26,30)(H,27,28,31). The predicted molar refractivity (Wildman–Crippen MR) is 126 cm³/mol. The van der Waals surface area contributed by atoms with Crippen molar-refractivity contribution in [3.05, 3.63) is 70.3 Å². The zero-order chi connectivity index (χ0) is 22.4. The van der Waals surface area contributed by atoms with Crippen molar-refractivity contribution in [1.82, 2.24) is 14.9 Å². The Morgan fingerprint density at radius 3 is 2.48 bits per heavy atom. The van der Waals surface area contributed by atoms with E-state index >= 15 is 0 Å². The molecule has 3 rings (SSSR count). The minimum absolute atomic E-state index is 0.0727. The van der Waals surface area contributed by atoms with E-state index in [-0.39, 0.29) is 23.4 Å². The Morgan fingerprint density at radius 2 is 1.81 bits per heavy atom. The molecule has 0 bridgehead atoms. The van der Waals surface area contributed by atoms with Crippen LogP contribution in [0.5, 0.6) is 0 Å². The van der Waals surface area contributed by atoms with Gasteiger partial charge in [-0.2, -0.15) is 0 Å². The van der Waals surface area contributed by atoms with Gasteiger partial charge in [0.25, 0.3) is 5.56 Å². The van der Waals surface area contributed by atoms with Crippen LogP contribution in [0.2, 0.25) is 0 Å². The maximum Gasteiger partial charge on any atom is 0.258 e. The number of aromatic nitrogens is 2. The summed E-state index contributed by atoms with van der Waals surface area (Å²) in [5.74, 6) is 0.491. The van der Waals surface area contributed by atoms with Gasteiger partial charge in [-0.1, -0.05) is 58.4 Å². The number of hydrogen-bond acceptors (Lipinski definition) is 4. The van der Waals surface area contributed by atoms with Gasteiger partial charge in [0.05, 0.1) is 24.0 Å². The van der Waals surface area contributed by atoms with Crippen molar-refractivity contribution in [3.8, 4) is 0 Å². The average molecular weight is 421 g/mol. The molecule has 1 aromatic heterocycles. The quantitative estimate of drug-likeness (QED) is 0.564. The Hall–Kier alpha value is -2.99. The Bertz CT molecular complexity index is 1080. The van der Waals surface area contributed by atoms with Crippen LogP contribution in [0.3, 0.4) is 0 Å². The van der Waals surface area contributed by atoms with Crippen LogP contribution in [0.1, 0.15) is 51.9 Å². The van der Waals surface area contributed by atoms with E-state index in [2.05, 4.69) is 43.0 Å². The number of H-pyrrole nitrogens is 1. The molecular formula is C25H32N4O2. The minimum atomic E-state index is -0.153. The summed E-state index contributed by atoms with van der Waals surface area (Å²) >= 11 is 0. The lowest BCUT2D eigenvalue weighted by atomic mass is 9.87. The van der Waals surface area contributed by atoms with Gasteiger partial charge >= 0.3 is 0 Å². The summed E-state index contributed by atoms with van der Waals surface area (Å²) in [6, 6.07) is 15.3. The number of nitrogens with zero attached hydrogens (tertiary/aromatic N) is 2. The van der Waals surface area contributed by atoms with Crippen LogP contribution >= 0.6 is 0 Å². The molecule has 0 unspecified atom stereocenters. The number of unbranched alkanes of at least 4 members (excludes halogenated alkanes) is 1. The number of anilines is 1. The lowest BCUT2D eigenvalue weighted by Gasteiger charge is -2.22. The Balaban J connectivity index is 1.69. The van der Waals surface area contributed by atoms with Gasteiger partial charge in [0.1, 0.15) is 5.82 Å². The molecule has 0 atom stereocenters. The summed E-state index contributed by atoms with van der Waals surface area (Å²) < 4.78 is 0. The van der Waals surface area contributed by atoms with Crippen LogP contribution in [-0.2, 0) is 16.8 Å². The van der Waals surface area contributed by atoms with Gasteiger partial charge in [0.2, 0.25) is 5.91 Å². The lowest BCUT2D eigenvalue weighted by molar-refractivity contribution is -0.117. The lowest BCUT2D eigenvalue weighted by Crippen LogP contribution is -2.34. The smallest absolute Gasteiger partial charge is 0.258 e. The van der Waals surface area contributed by atoms with Gasteiger partial charge in [0, 0.05) is 5.69 Å². The Labute approximate surface area is 183 Å². The summed E-state index contributed by atoms with van der Waals surface area (Å²) in [6.07, 6.45) is 1.99. The molecule has 6 heteroatoms. The molecule has 0 saturated heterocycles. The second-order valence-corrected chi connectivity index (χ2v) is 8.97. The summed E-state index contributed by atoms with van der Waals surface area (Å²) in [5, 5.41) is 3.55. The number of hydrogen-bond donors (Lipinski definition) is 2. The number of carbonyl (C=O) groups excluding carboxylic acids is 1. The van der Waals surface area contributed by atoms with E-state index in [9.17, 15) is 9.59 Å². The first kappa shape index (κ1) is 22.7. The molecule has 3 aromatic rings. The minimum Gasteiger partial charge on any atom is -0.325 e. The van der Waals surface area contributed by atoms with Crippen molar-refractivity contribution >= 4 is 22.5 Å². The number of aromatic amines is 1. The molecule has 164 valence electrons. The highest BCUT2D eigenvalue weighted by Crippen LogP contribution is 2.23. The summed E-state index contributed by atoms with van der Waals surface area (Å²) in [7, 11) is 0. The third-order valence-corrected chi connectivity index (χ3v) is 5.27. The van der Waals surface area contributed by atoms with Gasteiger partial charge in [-0.3, -0.25) is 14.5 Å². The number of amides is 1. The van der Waals surface area contributed by atoms with E-state index < -0.39 is 0 Å². The Kier molecular flexibility index (Phi) is 7.23. The second kappa shape index (κ2) is 9.88. The van der Waals surface area contributed by atoms with Crippen LogP contribution in [-0.4, -0.2) is 33.9 Å². The number of nitrogens with one attached hydrogen (secondary N) is 2. The fourth-order valence-electron chi connectivity index (χ4n) is 3.47.